The molecule has 110 valence electrons. The Morgan fingerprint density at radius 3 is 2.71 bits per heavy atom. The average molecular weight is 305 g/mol. The highest BCUT2D eigenvalue weighted by Gasteiger charge is 2.20. The van der Waals surface area contributed by atoms with Crippen molar-refractivity contribution < 1.29 is 9.72 Å². The molecule has 1 aromatic carbocycles. The summed E-state index contributed by atoms with van der Waals surface area (Å²) in [6.45, 7) is 3.84. The van der Waals surface area contributed by atoms with E-state index >= 15 is 0 Å². The zero-order valence-electron chi connectivity index (χ0n) is 12.0. The first-order valence-corrected chi connectivity index (χ1v) is 7.17. The molecule has 0 saturated heterocycles. The fraction of sp³-hybridized carbons (Fsp3) is 0.286. The van der Waals surface area contributed by atoms with Crippen LogP contribution in [0.1, 0.15) is 27.9 Å². The predicted octanol–water partition coefficient (Wildman–Crippen LogP) is 3.20. The van der Waals surface area contributed by atoms with Crippen LogP contribution in [0.2, 0.25) is 0 Å². The number of rotatable bonds is 5. The number of ketones is 1. The van der Waals surface area contributed by atoms with Crippen LogP contribution in [0.3, 0.4) is 0 Å². The van der Waals surface area contributed by atoms with Crippen LogP contribution < -0.4 is 4.90 Å². The Bertz CT molecular complexity index is 697. The number of aromatic nitrogens is 1. The highest BCUT2D eigenvalue weighted by atomic mass is 32.1. The second-order valence-electron chi connectivity index (χ2n) is 4.73. The minimum absolute atomic E-state index is 0.0626. The van der Waals surface area contributed by atoms with Crippen molar-refractivity contribution in [1.29, 1.82) is 0 Å². The molecule has 0 radical (unpaired) electrons. The maximum absolute atomic E-state index is 11.4. The van der Waals surface area contributed by atoms with E-state index in [9.17, 15) is 14.9 Å². The van der Waals surface area contributed by atoms with E-state index in [0.717, 1.165) is 10.6 Å². The van der Waals surface area contributed by atoms with Crippen molar-refractivity contribution in [1.82, 2.24) is 4.98 Å². The molecule has 6 nitrogen and oxygen atoms in total. The van der Waals surface area contributed by atoms with Crippen molar-refractivity contribution in [3.05, 3.63) is 50.0 Å². The molecule has 0 unspecified atom stereocenters. The molecule has 0 fully saturated rings. The minimum Gasteiger partial charge on any atom is -0.364 e. The molecule has 1 heterocycles. The highest BCUT2D eigenvalue weighted by molar-refractivity contribution is 7.09. The van der Waals surface area contributed by atoms with E-state index in [-0.39, 0.29) is 11.5 Å². The van der Waals surface area contributed by atoms with Gasteiger partial charge < -0.3 is 4.90 Å². The number of Topliss-reactive ketones (excluding diaryl/α,β-unsaturated/α-hetero) is 1. The van der Waals surface area contributed by atoms with Crippen molar-refractivity contribution in [2.75, 3.05) is 11.9 Å². The minimum atomic E-state index is -0.461. The van der Waals surface area contributed by atoms with Gasteiger partial charge in [0.05, 0.1) is 22.7 Å². The fourth-order valence-corrected chi connectivity index (χ4v) is 2.82. The fourth-order valence-electron chi connectivity index (χ4n) is 1.99. The van der Waals surface area contributed by atoms with Gasteiger partial charge in [0.1, 0.15) is 5.69 Å². The van der Waals surface area contributed by atoms with E-state index in [2.05, 4.69) is 4.98 Å². The topological polar surface area (TPSA) is 76.3 Å². The van der Waals surface area contributed by atoms with Crippen molar-refractivity contribution in [2.24, 2.45) is 0 Å². The van der Waals surface area contributed by atoms with Crippen LogP contribution in [0, 0.1) is 17.0 Å². The molecule has 0 aliphatic carbocycles. The summed E-state index contributed by atoms with van der Waals surface area (Å²) < 4.78 is 0. The summed E-state index contributed by atoms with van der Waals surface area (Å²) in [4.78, 5) is 29.2. The summed E-state index contributed by atoms with van der Waals surface area (Å²) in [6, 6.07) is 4.56. The third kappa shape index (κ3) is 3.25. The molecule has 0 bridgehead atoms. The van der Waals surface area contributed by atoms with E-state index in [1.165, 1.54) is 24.3 Å². The lowest BCUT2D eigenvalue weighted by Gasteiger charge is -2.19. The number of nitro benzene ring substituents is 1. The van der Waals surface area contributed by atoms with Gasteiger partial charge in [0.15, 0.2) is 5.78 Å². The van der Waals surface area contributed by atoms with Crippen LogP contribution in [0.15, 0.2) is 23.7 Å². The Labute approximate surface area is 126 Å². The monoisotopic (exact) mass is 305 g/mol. The van der Waals surface area contributed by atoms with Crippen LogP contribution in [-0.2, 0) is 6.54 Å². The lowest BCUT2D eigenvalue weighted by Crippen LogP contribution is -2.18. The third-order valence-electron chi connectivity index (χ3n) is 3.22. The summed E-state index contributed by atoms with van der Waals surface area (Å²) >= 11 is 1.52. The lowest BCUT2D eigenvalue weighted by molar-refractivity contribution is -0.384. The first kappa shape index (κ1) is 15.1. The largest absolute Gasteiger partial charge is 0.364 e. The molecule has 0 atom stereocenters. The van der Waals surface area contributed by atoms with Crippen molar-refractivity contribution in [2.45, 2.75) is 20.4 Å². The van der Waals surface area contributed by atoms with Gasteiger partial charge in [0.25, 0.3) is 5.69 Å². The molecule has 0 aliphatic heterocycles. The molecule has 1 aromatic heterocycles. The zero-order valence-corrected chi connectivity index (χ0v) is 12.8. The SMILES string of the molecule is CC(=O)c1ccc(N(C)Cc2scnc2C)c([N+](=O)[O-])c1. The molecule has 0 saturated carbocycles. The maximum Gasteiger partial charge on any atom is 0.293 e. The third-order valence-corrected chi connectivity index (χ3v) is 4.14. The molecule has 0 N–H and O–H groups in total. The Morgan fingerprint density at radius 1 is 1.48 bits per heavy atom. The normalized spacial score (nSPS) is 10.4. The number of carbonyl (C=O) groups is 1. The molecule has 0 spiro atoms. The average Bonchev–Trinajstić information content (AvgIpc) is 2.83. The quantitative estimate of drug-likeness (QED) is 0.481. The van der Waals surface area contributed by atoms with Crippen LogP contribution in [0.5, 0.6) is 0 Å². The van der Waals surface area contributed by atoms with Gasteiger partial charge in [-0.2, -0.15) is 0 Å². The number of nitrogens with zero attached hydrogens (tertiary/aromatic N) is 3. The molecular weight excluding hydrogens is 290 g/mol. The summed E-state index contributed by atoms with van der Waals surface area (Å²) in [6.07, 6.45) is 0. The van der Waals surface area contributed by atoms with Crippen LogP contribution in [-0.4, -0.2) is 22.7 Å². The van der Waals surface area contributed by atoms with Gasteiger partial charge in [-0.15, -0.1) is 11.3 Å². The summed E-state index contributed by atoms with van der Waals surface area (Å²) in [5.74, 6) is -0.189. The van der Waals surface area contributed by atoms with Gasteiger partial charge in [-0.05, 0) is 26.0 Å². The van der Waals surface area contributed by atoms with Gasteiger partial charge >= 0.3 is 0 Å². The number of aryl methyl sites for hydroxylation is 1. The second kappa shape index (κ2) is 6.01. The standard InChI is InChI=1S/C14H15N3O3S/c1-9-14(21-8-15-9)7-16(3)12-5-4-11(10(2)18)6-13(12)17(19)20/h4-6,8H,7H2,1-3H3. The summed E-state index contributed by atoms with van der Waals surface area (Å²) in [5.41, 5.74) is 3.44. The number of thiazole rings is 1. The van der Waals surface area contributed by atoms with E-state index in [4.69, 9.17) is 0 Å². The number of hydrogen-bond donors (Lipinski definition) is 0. The van der Waals surface area contributed by atoms with Crippen molar-refractivity contribution in [3.8, 4) is 0 Å². The Hall–Kier alpha value is -2.28. The van der Waals surface area contributed by atoms with E-state index in [1.807, 2.05) is 6.92 Å². The maximum atomic E-state index is 11.4. The molecule has 7 heteroatoms. The Kier molecular flexibility index (Phi) is 4.32. The van der Waals surface area contributed by atoms with Crippen molar-refractivity contribution >= 4 is 28.5 Å². The molecule has 0 aliphatic rings. The van der Waals surface area contributed by atoms with Gasteiger partial charge in [-0.25, -0.2) is 4.98 Å². The smallest absolute Gasteiger partial charge is 0.293 e. The first-order valence-electron chi connectivity index (χ1n) is 6.29. The zero-order chi connectivity index (χ0) is 15.6. The number of benzene rings is 1. The number of carbonyl (C=O) groups excluding carboxylic acids is 1. The number of hydrogen-bond acceptors (Lipinski definition) is 6. The molecule has 2 rings (SSSR count). The van der Waals surface area contributed by atoms with Gasteiger partial charge in [0, 0.05) is 23.6 Å². The van der Waals surface area contributed by atoms with Gasteiger partial charge in [0.2, 0.25) is 0 Å². The lowest BCUT2D eigenvalue weighted by atomic mass is 10.1. The van der Waals surface area contributed by atoms with Gasteiger partial charge in [-0.3, -0.25) is 14.9 Å². The van der Waals surface area contributed by atoms with E-state index < -0.39 is 4.92 Å². The van der Waals surface area contributed by atoms with Crippen molar-refractivity contribution in [3.63, 3.8) is 0 Å². The Morgan fingerprint density at radius 2 is 2.19 bits per heavy atom. The van der Waals surface area contributed by atoms with E-state index in [0.29, 0.717) is 17.8 Å². The number of nitro groups is 1. The highest BCUT2D eigenvalue weighted by Crippen LogP contribution is 2.30. The van der Waals surface area contributed by atoms with Gasteiger partial charge in [-0.1, -0.05) is 0 Å². The summed E-state index contributed by atoms with van der Waals surface area (Å²) in [7, 11) is 1.79. The molecular formula is C14H15N3O3S. The van der Waals surface area contributed by atoms with Crippen LogP contribution >= 0.6 is 11.3 Å². The van der Waals surface area contributed by atoms with Crippen LogP contribution in [0.25, 0.3) is 0 Å². The van der Waals surface area contributed by atoms with E-state index in [1.54, 1.807) is 29.6 Å². The Balaban J connectivity index is 2.36. The molecule has 0 amide bonds. The predicted molar refractivity (Wildman–Crippen MR) is 82.1 cm³/mol. The first-order chi connectivity index (χ1) is 9.90. The second-order valence-corrected chi connectivity index (χ2v) is 5.67. The molecule has 2 aromatic rings. The van der Waals surface area contributed by atoms with Crippen LogP contribution in [0.4, 0.5) is 11.4 Å². The number of anilines is 1. The summed E-state index contributed by atoms with van der Waals surface area (Å²) in [5, 5.41) is 11.2. The molecule has 21 heavy (non-hydrogen) atoms.